The number of oxime groups is 1. The Morgan fingerprint density at radius 1 is 1.35 bits per heavy atom. The van der Waals surface area contributed by atoms with Crippen molar-refractivity contribution < 1.29 is 43.4 Å². The number of aromatic nitrogens is 1. The van der Waals surface area contributed by atoms with E-state index in [1.807, 2.05) is 0 Å². The molecule has 2 fully saturated rings. The Morgan fingerprint density at radius 3 is 2.65 bits per heavy atom. The van der Waals surface area contributed by atoms with Gasteiger partial charge in [-0.3, -0.25) is 14.5 Å². The van der Waals surface area contributed by atoms with Crippen molar-refractivity contribution in [2.24, 2.45) is 16.8 Å². The fraction of sp³-hybridized carbons (Fsp3) is 0.450. The Kier molecular flexibility index (Phi) is 7.53. The Balaban J connectivity index is 1.53. The lowest BCUT2D eigenvalue weighted by Crippen LogP contribution is -2.71. The number of nitrogens with one attached hydrogen (secondary N) is 1. The zero-order valence-corrected chi connectivity index (χ0v) is 20.9. The zero-order chi connectivity index (χ0) is 26.9. The predicted octanol–water partition coefficient (Wildman–Crippen LogP) is -0.768. The van der Waals surface area contributed by atoms with Crippen molar-refractivity contribution in [3.8, 4) is 0 Å². The average molecular weight is 555 g/mol. The number of fused-ring (bicyclic) bond motifs is 1. The first-order chi connectivity index (χ1) is 17.6. The lowest BCUT2D eigenvalue weighted by atomic mass is 10.0. The molecule has 3 atom stereocenters. The van der Waals surface area contributed by atoms with Gasteiger partial charge in [0.1, 0.15) is 29.4 Å². The van der Waals surface area contributed by atoms with E-state index in [0.717, 1.165) is 29.1 Å². The van der Waals surface area contributed by atoms with E-state index in [4.69, 9.17) is 21.0 Å². The van der Waals surface area contributed by atoms with E-state index in [1.165, 1.54) is 24.3 Å². The minimum atomic E-state index is -1.39. The zero-order valence-electron chi connectivity index (χ0n) is 19.2. The summed E-state index contributed by atoms with van der Waals surface area (Å²) in [6, 6.07) is -1.09. The minimum Gasteiger partial charge on any atom is -0.477 e. The first-order valence-electron chi connectivity index (χ1n) is 10.8. The number of ether oxygens (including phenoxy) is 2. The van der Waals surface area contributed by atoms with Gasteiger partial charge in [-0.25, -0.2) is 19.4 Å². The molecule has 0 aromatic carbocycles. The molecule has 1 aromatic heterocycles. The minimum absolute atomic E-state index is 0.0661. The van der Waals surface area contributed by atoms with Gasteiger partial charge < -0.3 is 36.2 Å². The van der Waals surface area contributed by atoms with Crippen LogP contribution in [0.2, 0.25) is 0 Å². The highest BCUT2D eigenvalue weighted by molar-refractivity contribution is 8.00. The number of carbonyl (C=O) groups is 5. The molecule has 1 aliphatic carbocycles. The third-order valence-corrected chi connectivity index (χ3v) is 7.66. The number of thioether (sulfide) groups is 1. The van der Waals surface area contributed by atoms with E-state index in [-0.39, 0.29) is 46.1 Å². The SMILES string of the molecule is COC(=O)C(O/N=C(\C(=O)N[C@@H]1C(=O)N2C(C(=O)O)=C(COC(N)=O)CS[C@H]12)c1csc(N)n1)C1CC1. The van der Waals surface area contributed by atoms with E-state index < -0.39 is 47.4 Å². The number of carbonyl (C=O) groups excluding carboxylic acids is 4. The molecule has 3 aliphatic rings. The molecule has 3 amide bonds. The van der Waals surface area contributed by atoms with Crippen molar-refractivity contribution in [3.05, 3.63) is 22.3 Å². The van der Waals surface area contributed by atoms with Crippen LogP contribution in [-0.2, 0) is 33.5 Å². The molecule has 0 spiro atoms. The van der Waals surface area contributed by atoms with E-state index >= 15 is 0 Å². The Bertz CT molecular complexity index is 1210. The highest BCUT2D eigenvalue weighted by Gasteiger charge is 2.54. The van der Waals surface area contributed by atoms with Crippen LogP contribution in [0.15, 0.2) is 21.8 Å². The fourth-order valence-corrected chi connectivity index (χ4v) is 5.58. The summed E-state index contributed by atoms with van der Waals surface area (Å²) in [5, 5.41) is 16.9. The standard InChI is InChI=1S/C20H22N6O9S2/c1-33-18(31)13(7-2-3-7)35-25-10(9-6-37-19(21)23-9)14(27)24-11-15(28)26-12(17(29)30)8(4-34-20(22)32)5-36-16(11)26/h6-7,11,13,16H,2-5H2,1H3,(H2,21,23)(H2,22,32)(H,24,27)(H,29,30)/b25-10-/t11-,13?,16-/m1/s1. The number of nitrogens with zero attached hydrogens (tertiary/aromatic N) is 3. The van der Waals surface area contributed by atoms with Crippen LogP contribution >= 0.6 is 23.1 Å². The fourth-order valence-electron chi connectivity index (χ4n) is 3.71. The van der Waals surface area contributed by atoms with Crippen LogP contribution in [0.25, 0.3) is 0 Å². The topological polar surface area (TPSA) is 226 Å². The number of rotatable bonds is 10. The number of anilines is 1. The number of amides is 3. The molecule has 1 saturated heterocycles. The number of hydrogen-bond donors (Lipinski definition) is 4. The summed E-state index contributed by atoms with van der Waals surface area (Å²) in [6.07, 6.45) is -0.630. The Labute approximate surface area is 217 Å². The lowest BCUT2D eigenvalue weighted by Gasteiger charge is -2.49. The summed E-state index contributed by atoms with van der Waals surface area (Å²) in [4.78, 5) is 71.3. The average Bonchev–Trinajstić information content (AvgIpc) is 3.61. The molecule has 17 heteroatoms. The molecule has 3 heterocycles. The van der Waals surface area contributed by atoms with Gasteiger partial charge in [0.05, 0.1) is 7.11 Å². The summed E-state index contributed by atoms with van der Waals surface area (Å²) in [5.74, 6) is -3.55. The predicted molar refractivity (Wildman–Crippen MR) is 128 cm³/mol. The Morgan fingerprint density at radius 2 is 2.08 bits per heavy atom. The number of esters is 1. The molecule has 1 aromatic rings. The summed E-state index contributed by atoms with van der Waals surface area (Å²) in [7, 11) is 1.21. The van der Waals surface area contributed by atoms with Gasteiger partial charge in [0.25, 0.3) is 11.8 Å². The number of nitrogen functional groups attached to an aromatic ring is 1. The molecule has 0 bridgehead atoms. The van der Waals surface area contributed by atoms with Gasteiger partial charge in [0.15, 0.2) is 10.8 Å². The maximum Gasteiger partial charge on any atom is 0.404 e. The number of carboxylic acid groups (broad SMARTS) is 1. The smallest absolute Gasteiger partial charge is 0.404 e. The summed E-state index contributed by atoms with van der Waals surface area (Å²) < 4.78 is 9.43. The van der Waals surface area contributed by atoms with Crippen molar-refractivity contribution >= 4 is 63.8 Å². The van der Waals surface area contributed by atoms with Crippen molar-refractivity contribution in [2.45, 2.75) is 30.4 Å². The van der Waals surface area contributed by atoms with Gasteiger partial charge in [-0.2, -0.15) is 0 Å². The van der Waals surface area contributed by atoms with Crippen molar-refractivity contribution in [1.29, 1.82) is 0 Å². The van der Waals surface area contributed by atoms with Crippen molar-refractivity contribution in [2.75, 3.05) is 25.2 Å². The van der Waals surface area contributed by atoms with Gasteiger partial charge >= 0.3 is 18.0 Å². The number of thiazole rings is 1. The van der Waals surface area contributed by atoms with E-state index in [1.54, 1.807) is 0 Å². The maximum absolute atomic E-state index is 13.2. The molecule has 37 heavy (non-hydrogen) atoms. The van der Waals surface area contributed by atoms with Gasteiger partial charge in [0.2, 0.25) is 6.10 Å². The highest BCUT2D eigenvalue weighted by atomic mass is 32.2. The van der Waals surface area contributed by atoms with Gasteiger partial charge in [-0.1, -0.05) is 5.16 Å². The van der Waals surface area contributed by atoms with E-state index in [0.29, 0.717) is 0 Å². The second-order valence-corrected chi connectivity index (χ2v) is 10.1. The number of hydrogen-bond acceptors (Lipinski definition) is 13. The molecular weight excluding hydrogens is 532 g/mol. The normalized spacial score (nSPS) is 21.9. The molecule has 198 valence electrons. The van der Waals surface area contributed by atoms with Crippen LogP contribution in [0.3, 0.4) is 0 Å². The van der Waals surface area contributed by atoms with Crippen LogP contribution in [0.1, 0.15) is 18.5 Å². The van der Waals surface area contributed by atoms with Gasteiger partial charge in [0, 0.05) is 22.6 Å². The second kappa shape index (κ2) is 10.6. The molecule has 1 unspecified atom stereocenters. The molecule has 4 rings (SSSR count). The van der Waals surface area contributed by atoms with Crippen LogP contribution in [0.5, 0.6) is 0 Å². The number of nitrogens with two attached hydrogens (primary N) is 2. The Hall–Kier alpha value is -3.86. The van der Waals surface area contributed by atoms with Crippen LogP contribution in [-0.4, -0.2) is 87.5 Å². The van der Waals surface area contributed by atoms with Gasteiger partial charge in [-0.15, -0.1) is 23.1 Å². The first-order valence-corrected chi connectivity index (χ1v) is 12.7. The quantitative estimate of drug-likeness (QED) is 0.121. The molecule has 2 aliphatic heterocycles. The lowest BCUT2D eigenvalue weighted by molar-refractivity contribution is -0.155. The third kappa shape index (κ3) is 5.46. The van der Waals surface area contributed by atoms with E-state index in [9.17, 15) is 29.1 Å². The molecule has 15 nitrogen and oxygen atoms in total. The highest BCUT2D eigenvalue weighted by Crippen LogP contribution is 2.40. The van der Waals surface area contributed by atoms with Crippen LogP contribution in [0.4, 0.5) is 9.93 Å². The van der Waals surface area contributed by atoms with Crippen LogP contribution in [0, 0.1) is 5.92 Å². The monoisotopic (exact) mass is 554 g/mol. The van der Waals surface area contributed by atoms with E-state index in [2.05, 4.69) is 20.2 Å². The van der Waals surface area contributed by atoms with Crippen molar-refractivity contribution in [1.82, 2.24) is 15.2 Å². The van der Waals surface area contributed by atoms with Gasteiger partial charge in [-0.05, 0) is 12.8 Å². The molecular formula is C20H22N6O9S2. The molecule has 0 radical (unpaired) electrons. The summed E-state index contributed by atoms with van der Waals surface area (Å²) >= 11 is 2.21. The third-order valence-electron chi connectivity index (χ3n) is 5.65. The first kappa shape index (κ1) is 26.2. The van der Waals surface area contributed by atoms with Crippen molar-refractivity contribution in [3.63, 3.8) is 0 Å². The molecule has 1 saturated carbocycles. The number of aliphatic carboxylic acids is 1. The second-order valence-electron chi connectivity index (χ2n) is 8.12. The number of β-lactam (4-membered cyclic amide) rings is 1. The number of primary amides is 1. The molecule has 6 N–H and O–H groups in total. The van der Waals surface area contributed by atoms with Crippen LogP contribution < -0.4 is 16.8 Å². The number of carboxylic acids is 1. The maximum atomic E-state index is 13.2. The summed E-state index contributed by atoms with van der Waals surface area (Å²) in [6.45, 7) is -0.390. The largest absolute Gasteiger partial charge is 0.477 e. The number of methoxy groups -OCH3 is 1. The summed E-state index contributed by atoms with van der Waals surface area (Å²) in [5.41, 5.74) is 10.2.